The van der Waals surface area contributed by atoms with E-state index in [1.54, 1.807) is 10.7 Å². The van der Waals surface area contributed by atoms with E-state index in [1.165, 1.54) is 12.1 Å². The first kappa shape index (κ1) is 21.5. The normalized spacial score (nSPS) is 12.2. The molecule has 3 aromatic heterocycles. The predicted octanol–water partition coefficient (Wildman–Crippen LogP) is 6.80. The molecule has 0 spiro atoms. The van der Waals surface area contributed by atoms with Gasteiger partial charge >= 0.3 is 6.18 Å². The van der Waals surface area contributed by atoms with Gasteiger partial charge in [0.1, 0.15) is 16.7 Å². The molecule has 33 heavy (non-hydrogen) atoms. The van der Waals surface area contributed by atoms with Crippen molar-refractivity contribution in [3.63, 3.8) is 0 Å². The van der Waals surface area contributed by atoms with Crippen molar-refractivity contribution in [1.82, 2.24) is 24.7 Å². The van der Waals surface area contributed by atoms with Crippen molar-refractivity contribution in [2.75, 3.05) is 0 Å². The van der Waals surface area contributed by atoms with Crippen molar-refractivity contribution in [3.8, 4) is 22.6 Å². The van der Waals surface area contributed by atoms with Crippen LogP contribution in [0.5, 0.6) is 0 Å². The lowest BCUT2D eigenvalue weighted by Crippen LogP contribution is -2.04. The molecule has 5 aromatic rings. The van der Waals surface area contributed by atoms with E-state index in [0.29, 0.717) is 27.6 Å². The second kappa shape index (κ2) is 7.88. The number of alkyl halides is 3. The van der Waals surface area contributed by atoms with E-state index < -0.39 is 11.7 Å². The van der Waals surface area contributed by atoms with E-state index in [9.17, 15) is 13.2 Å². The number of aromatic nitrogens is 5. The van der Waals surface area contributed by atoms with E-state index in [2.05, 4.69) is 17.0 Å². The molecule has 0 atom stereocenters. The van der Waals surface area contributed by atoms with Gasteiger partial charge in [0.15, 0.2) is 5.82 Å². The number of nitrogens with zero attached hydrogens (tertiary/aromatic N) is 4. The van der Waals surface area contributed by atoms with Crippen LogP contribution in [-0.4, -0.2) is 24.7 Å². The molecule has 0 aliphatic carbocycles. The van der Waals surface area contributed by atoms with Gasteiger partial charge in [-0.15, -0.1) is 0 Å². The fourth-order valence-electron chi connectivity index (χ4n) is 4.06. The molecule has 5 nitrogen and oxygen atoms in total. The second-order valence-electron chi connectivity index (χ2n) is 7.88. The maximum absolute atomic E-state index is 13.0. The van der Waals surface area contributed by atoms with Crippen LogP contribution >= 0.6 is 11.6 Å². The number of hydrogen-bond donors (Lipinski definition) is 1. The first-order valence-electron chi connectivity index (χ1n) is 10.4. The van der Waals surface area contributed by atoms with E-state index in [4.69, 9.17) is 21.6 Å². The lowest BCUT2D eigenvalue weighted by molar-refractivity contribution is -0.137. The van der Waals surface area contributed by atoms with Crippen LogP contribution in [0.3, 0.4) is 0 Å². The van der Waals surface area contributed by atoms with Crippen molar-refractivity contribution in [2.24, 2.45) is 7.05 Å². The molecule has 0 saturated heterocycles. The van der Waals surface area contributed by atoms with Gasteiger partial charge in [0.2, 0.25) is 0 Å². The summed E-state index contributed by atoms with van der Waals surface area (Å²) in [6.07, 6.45) is -0.953. The van der Waals surface area contributed by atoms with Crippen LogP contribution < -0.4 is 0 Å². The molecule has 0 amide bonds. The summed E-state index contributed by atoms with van der Waals surface area (Å²) >= 11 is 6.25. The maximum Gasteiger partial charge on any atom is 0.416 e. The van der Waals surface area contributed by atoms with Crippen molar-refractivity contribution in [3.05, 3.63) is 64.9 Å². The van der Waals surface area contributed by atoms with Crippen LogP contribution in [0.4, 0.5) is 13.2 Å². The van der Waals surface area contributed by atoms with Gasteiger partial charge in [0.05, 0.1) is 11.3 Å². The second-order valence-corrected chi connectivity index (χ2v) is 8.32. The Morgan fingerprint density at radius 2 is 1.82 bits per heavy atom. The highest BCUT2D eigenvalue weighted by molar-refractivity contribution is 6.31. The molecule has 0 saturated carbocycles. The number of aromatic amines is 1. The number of H-pyrrole nitrogens is 1. The van der Waals surface area contributed by atoms with Gasteiger partial charge in [-0.25, -0.2) is 9.97 Å². The molecule has 0 radical (unpaired) electrons. The van der Waals surface area contributed by atoms with Gasteiger partial charge < -0.3 is 4.98 Å². The minimum atomic E-state index is -4.41. The lowest BCUT2D eigenvalue weighted by atomic mass is 10.1. The standard InChI is InChI=1S/C24H19ClF3N5/c1-3-4-19-21-22(33(2)32-19)20(17-12-29-18-10-9-15(25)11-16(17)18)30-23(31-21)13-5-7-14(8-6-13)24(26,27)28/h5-12,29H,3-4H2,1-2H3. The number of nitrogens with one attached hydrogen (secondary N) is 1. The van der Waals surface area contributed by atoms with Gasteiger partial charge in [-0.1, -0.05) is 37.1 Å². The Balaban J connectivity index is 1.78. The fourth-order valence-corrected chi connectivity index (χ4v) is 4.23. The van der Waals surface area contributed by atoms with Crippen LogP contribution in [0.1, 0.15) is 24.6 Å². The van der Waals surface area contributed by atoms with Crippen LogP contribution in [0.2, 0.25) is 5.02 Å². The van der Waals surface area contributed by atoms with Gasteiger partial charge in [-0.05, 0) is 36.8 Å². The van der Waals surface area contributed by atoms with Crippen molar-refractivity contribution in [1.29, 1.82) is 0 Å². The van der Waals surface area contributed by atoms with Crippen LogP contribution in [-0.2, 0) is 19.6 Å². The molecule has 1 N–H and O–H groups in total. The molecule has 168 valence electrons. The van der Waals surface area contributed by atoms with Crippen molar-refractivity contribution in [2.45, 2.75) is 25.9 Å². The highest BCUT2D eigenvalue weighted by atomic mass is 35.5. The highest BCUT2D eigenvalue weighted by Gasteiger charge is 2.30. The summed E-state index contributed by atoms with van der Waals surface area (Å²) < 4.78 is 40.9. The number of hydrogen-bond acceptors (Lipinski definition) is 3. The van der Waals surface area contributed by atoms with Crippen molar-refractivity contribution < 1.29 is 13.2 Å². The van der Waals surface area contributed by atoms with Crippen LogP contribution in [0, 0.1) is 0 Å². The third-order valence-corrected chi connectivity index (χ3v) is 5.84. The highest BCUT2D eigenvalue weighted by Crippen LogP contribution is 2.36. The summed E-state index contributed by atoms with van der Waals surface area (Å²) in [7, 11) is 1.84. The molecular formula is C24H19ClF3N5. The maximum atomic E-state index is 13.0. The molecule has 0 unspecified atom stereocenters. The number of benzene rings is 2. The number of rotatable bonds is 4. The fraction of sp³-hybridized carbons (Fsp3) is 0.208. The molecule has 0 fully saturated rings. The molecular weight excluding hydrogens is 451 g/mol. The zero-order chi connectivity index (χ0) is 23.3. The Morgan fingerprint density at radius 3 is 2.52 bits per heavy atom. The van der Waals surface area contributed by atoms with Crippen LogP contribution in [0.15, 0.2) is 48.7 Å². The summed E-state index contributed by atoms with van der Waals surface area (Å²) in [5, 5.41) is 6.14. The largest absolute Gasteiger partial charge is 0.416 e. The molecule has 0 aliphatic heterocycles. The summed E-state index contributed by atoms with van der Waals surface area (Å²) in [6, 6.07) is 10.4. The minimum absolute atomic E-state index is 0.341. The Labute approximate surface area is 192 Å². The van der Waals surface area contributed by atoms with Crippen LogP contribution in [0.25, 0.3) is 44.6 Å². The summed E-state index contributed by atoms with van der Waals surface area (Å²) in [6.45, 7) is 2.06. The number of aryl methyl sites for hydroxylation is 2. The monoisotopic (exact) mass is 469 g/mol. The Morgan fingerprint density at radius 1 is 1.06 bits per heavy atom. The number of halogens is 4. The smallest absolute Gasteiger partial charge is 0.360 e. The third kappa shape index (κ3) is 3.74. The lowest BCUT2D eigenvalue weighted by Gasteiger charge is -2.10. The summed E-state index contributed by atoms with van der Waals surface area (Å²) in [5.74, 6) is 0.341. The quantitative estimate of drug-likeness (QED) is 0.315. The molecule has 2 aromatic carbocycles. The molecule has 0 aliphatic rings. The van der Waals surface area contributed by atoms with Gasteiger partial charge in [-0.2, -0.15) is 18.3 Å². The minimum Gasteiger partial charge on any atom is -0.360 e. The first-order valence-corrected chi connectivity index (χ1v) is 10.8. The van der Waals surface area contributed by atoms with Crippen molar-refractivity contribution >= 4 is 33.5 Å². The third-order valence-electron chi connectivity index (χ3n) is 5.61. The van der Waals surface area contributed by atoms with Gasteiger partial charge in [0, 0.05) is 40.3 Å². The summed E-state index contributed by atoms with van der Waals surface area (Å²) in [5.41, 5.74) is 4.41. The zero-order valence-corrected chi connectivity index (χ0v) is 18.6. The molecule has 5 rings (SSSR count). The van der Waals surface area contributed by atoms with E-state index >= 15 is 0 Å². The zero-order valence-electron chi connectivity index (χ0n) is 17.8. The molecule has 3 heterocycles. The van der Waals surface area contributed by atoms with Gasteiger partial charge in [-0.3, -0.25) is 4.68 Å². The van der Waals surface area contributed by atoms with E-state index in [1.807, 2.05) is 25.4 Å². The number of fused-ring (bicyclic) bond motifs is 2. The first-order chi connectivity index (χ1) is 15.8. The topological polar surface area (TPSA) is 59.4 Å². The SMILES string of the molecule is CCCc1nn(C)c2c(-c3c[nH]c4ccc(Cl)cc34)nc(-c3ccc(C(F)(F)F)cc3)nc12. The predicted molar refractivity (Wildman–Crippen MR) is 123 cm³/mol. The average molecular weight is 470 g/mol. The Hall–Kier alpha value is -3.39. The molecule has 9 heteroatoms. The summed E-state index contributed by atoms with van der Waals surface area (Å²) in [4.78, 5) is 12.8. The van der Waals surface area contributed by atoms with E-state index in [-0.39, 0.29) is 0 Å². The average Bonchev–Trinajstić information content (AvgIpc) is 3.34. The van der Waals surface area contributed by atoms with Gasteiger partial charge in [0.25, 0.3) is 0 Å². The molecule has 0 bridgehead atoms. The Kier molecular flexibility index (Phi) is 5.12. The Bertz CT molecular complexity index is 1480. The van der Waals surface area contributed by atoms with E-state index in [0.717, 1.165) is 52.7 Å².